The molecule has 1 aromatic heterocycles. The number of anilines is 1. The van der Waals surface area contributed by atoms with Gasteiger partial charge in [-0.15, -0.1) is 0 Å². The van der Waals surface area contributed by atoms with Crippen LogP contribution in [0.1, 0.15) is 30.4 Å². The first-order valence-corrected chi connectivity index (χ1v) is 10.9. The molecule has 1 unspecified atom stereocenters. The molecule has 1 aliphatic heterocycles. The lowest BCUT2D eigenvalue weighted by Crippen LogP contribution is -2.37. The van der Waals surface area contributed by atoms with Crippen LogP contribution in [0.2, 0.25) is 5.02 Å². The topological polar surface area (TPSA) is 108 Å². The van der Waals surface area contributed by atoms with Crippen molar-refractivity contribution in [3.8, 4) is 17.5 Å². The molecule has 180 valence electrons. The highest BCUT2D eigenvalue weighted by Gasteiger charge is 2.50. The molecule has 0 spiro atoms. The number of halogens is 5. The molecule has 3 N–H and O–H groups in total. The zero-order chi connectivity index (χ0) is 24.7. The highest BCUT2D eigenvalue weighted by molar-refractivity contribution is 6.31. The Labute approximate surface area is 197 Å². The number of benzene rings is 1. The fourth-order valence-electron chi connectivity index (χ4n) is 3.86. The van der Waals surface area contributed by atoms with Crippen LogP contribution in [-0.2, 0) is 17.5 Å². The number of nitrogens with one attached hydrogen (secondary N) is 1. The van der Waals surface area contributed by atoms with Crippen molar-refractivity contribution in [3.05, 3.63) is 40.5 Å². The summed E-state index contributed by atoms with van der Waals surface area (Å²) in [6.07, 6.45) is -2.17. The lowest BCUT2D eigenvalue weighted by molar-refractivity contribution is -0.137. The summed E-state index contributed by atoms with van der Waals surface area (Å²) in [5, 5.41) is 11.5. The van der Waals surface area contributed by atoms with Crippen LogP contribution in [0.4, 0.5) is 23.4 Å². The monoisotopic (exact) mass is 496 g/mol. The van der Waals surface area contributed by atoms with Gasteiger partial charge in [-0.1, -0.05) is 11.6 Å². The summed E-state index contributed by atoms with van der Waals surface area (Å²) in [6, 6.07) is 5.35. The second-order valence-corrected chi connectivity index (χ2v) is 9.05. The molecule has 2 fully saturated rings. The predicted octanol–water partition coefficient (Wildman–Crippen LogP) is 3.61. The third kappa shape index (κ3) is 4.65. The van der Waals surface area contributed by atoms with Crippen molar-refractivity contribution in [2.45, 2.75) is 37.7 Å². The molecule has 2 aromatic rings. The van der Waals surface area contributed by atoms with Gasteiger partial charge in [-0.3, -0.25) is 4.79 Å². The second-order valence-electron chi connectivity index (χ2n) is 8.64. The van der Waals surface area contributed by atoms with Gasteiger partial charge < -0.3 is 16.0 Å². The maximum absolute atomic E-state index is 14.8. The number of carbonyl (C=O) groups is 1. The standard InChI is InChI=1S/C22H21ClF4N6O/c23-16-2-1-13(7-15(16)22(25,26)27)17-30-8-14(9-31-19(34)20(10-28)3-4-20)18(32-17)33-6-5-21(24,11-29)12-33/h1-2,7-8H,3-6,9,11-12,29H2,(H,31,34). The summed E-state index contributed by atoms with van der Waals surface area (Å²) in [5.41, 5.74) is 2.41. The lowest BCUT2D eigenvalue weighted by Gasteiger charge is -2.23. The molecule has 34 heavy (non-hydrogen) atoms. The number of rotatable bonds is 6. The van der Waals surface area contributed by atoms with Gasteiger partial charge in [0.1, 0.15) is 16.9 Å². The Morgan fingerprint density at radius 3 is 2.65 bits per heavy atom. The minimum atomic E-state index is -4.66. The molecule has 1 aromatic carbocycles. The molecule has 4 rings (SSSR count). The molecule has 1 atom stereocenters. The lowest BCUT2D eigenvalue weighted by atomic mass is 10.1. The van der Waals surface area contributed by atoms with Crippen molar-refractivity contribution in [2.24, 2.45) is 11.1 Å². The smallest absolute Gasteiger partial charge is 0.353 e. The first-order valence-electron chi connectivity index (χ1n) is 10.6. The molecule has 2 aliphatic rings. The Balaban J connectivity index is 1.68. The zero-order valence-corrected chi connectivity index (χ0v) is 18.7. The van der Waals surface area contributed by atoms with E-state index < -0.39 is 33.8 Å². The number of nitrogens with two attached hydrogens (primary N) is 1. The summed E-state index contributed by atoms with van der Waals surface area (Å²) in [5.74, 6) is -0.142. The summed E-state index contributed by atoms with van der Waals surface area (Å²) in [7, 11) is 0. The van der Waals surface area contributed by atoms with Crippen LogP contribution in [0, 0.1) is 16.7 Å². The Morgan fingerprint density at radius 2 is 2.06 bits per heavy atom. The Bertz CT molecular complexity index is 1160. The van der Waals surface area contributed by atoms with E-state index in [2.05, 4.69) is 15.3 Å². The number of hydrogen-bond acceptors (Lipinski definition) is 6. The van der Waals surface area contributed by atoms with Crippen LogP contribution in [0.25, 0.3) is 11.4 Å². The number of amides is 1. The average molecular weight is 497 g/mol. The fourth-order valence-corrected chi connectivity index (χ4v) is 4.08. The van der Waals surface area contributed by atoms with Gasteiger partial charge in [0.25, 0.3) is 0 Å². The van der Waals surface area contributed by atoms with Crippen LogP contribution in [0.5, 0.6) is 0 Å². The number of alkyl halides is 4. The molecule has 12 heteroatoms. The summed E-state index contributed by atoms with van der Waals surface area (Å²) >= 11 is 5.71. The Kier molecular flexibility index (Phi) is 6.16. The summed E-state index contributed by atoms with van der Waals surface area (Å²) < 4.78 is 54.8. The SMILES string of the molecule is N#CC1(C(=O)NCc2cnc(-c3ccc(Cl)c(C(F)(F)F)c3)nc2N2CCC(F)(CN)C2)CC1. The largest absolute Gasteiger partial charge is 0.417 e. The molecular formula is C22H21ClF4N6O. The van der Waals surface area contributed by atoms with Crippen LogP contribution < -0.4 is 16.0 Å². The predicted molar refractivity (Wildman–Crippen MR) is 116 cm³/mol. The minimum absolute atomic E-state index is 0.00737. The second kappa shape index (κ2) is 8.67. The number of hydrogen-bond donors (Lipinski definition) is 2. The number of nitrogens with zero attached hydrogens (tertiary/aromatic N) is 4. The van der Waals surface area contributed by atoms with Gasteiger partial charge in [-0.25, -0.2) is 14.4 Å². The molecule has 1 saturated carbocycles. The fraction of sp³-hybridized carbons (Fsp3) is 0.455. The van der Waals surface area contributed by atoms with E-state index in [1.54, 1.807) is 4.90 Å². The first kappa shape index (κ1) is 24.2. The third-order valence-electron chi connectivity index (χ3n) is 6.18. The van der Waals surface area contributed by atoms with E-state index in [0.717, 1.165) is 12.1 Å². The molecule has 1 amide bonds. The normalized spacial score (nSPS) is 21.3. The van der Waals surface area contributed by atoms with Crippen molar-refractivity contribution in [1.29, 1.82) is 5.26 Å². The molecule has 7 nitrogen and oxygen atoms in total. The van der Waals surface area contributed by atoms with Gasteiger partial charge in [0.2, 0.25) is 5.91 Å². The molecular weight excluding hydrogens is 476 g/mol. The van der Waals surface area contributed by atoms with Crippen LogP contribution in [0.3, 0.4) is 0 Å². The maximum atomic E-state index is 14.8. The van der Waals surface area contributed by atoms with Gasteiger partial charge in [0, 0.05) is 43.4 Å². The van der Waals surface area contributed by atoms with E-state index in [1.165, 1.54) is 12.3 Å². The van der Waals surface area contributed by atoms with E-state index in [9.17, 15) is 27.6 Å². The van der Waals surface area contributed by atoms with Crippen molar-refractivity contribution in [2.75, 3.05) is 24.5 Å². The molecule has 1 aliphatic carbocycles. The van der Waals surface area contributed by atoms with Crippen molar-refractivity contribution < 1.29 is 22.4 Å². The van der Waals surface area contributed by atoms with E-state index in [-0.39, 0.29) is 49.8 Å². The Hall–Kier alpha value is -2.97. The van der Waals surface area contributed by atoms with E-state index >= 15 is 0 Å². The quantitative estimate of drug-likeness (QED) is 0.591. The summed E-state index contributed by atoms with van der Waals surface area (Å²) in [4.78, 5) is 22.6. The zero-order valence-electron chi connectivity index (χ0n) is 17.9. The molecule has 0 radical (unpaired) electrons. The van der Waals surface area contributed by atoms with Crippen molar-refractivity contribution >= 4 is 23.3 Å². The van der Waals surface area contributed by atoms with Crippen molar-refractivity contribution in [3.63, 3.8) is 0 Å². The van der Waals surface area contributed by atoms with Crippen LogP contribution in [-0.4, -0.2) is 41.2 Å². The Morgan fingerprint density at radius 1 is 1.32 bits per heavy atom. The van der Waals surface area contributed by atoms with Crippen LogP contribution >= 0.6 is 11.6 Å². The number of nitriles is 1. The highest BCUT2D eigenvalue weighted by atomic mass is 35.5. The van der Waals surface area contributed by atoms with E-state index in [0.29, 0.717) is 18.4 Å². The number of carbonyl (C=O) groups excluding carboxylic acids is 1. The van der Waals surface area contributed by atoms with Crippen LogP contribution in [0.15, 0.2) is 24.4 Å². The van der Waals surface area contributed by atoms with Gasteiger partial charge in [-0.2, -0.15) is 18.4 Å². The summed E-state index contributed by atoms with van der Waals surface area (Å²) in [6.45, 7) is 0.00807. The third-order valence-corrected chi connectivity index (χ3v) is 6.51. The highest BCUT2D eigenvalue weighted by Crippen LogP contribution is 2.45. The van der Waals surface area contributed by atoms with Gasteiger partial charge in [0.15, 0.2) is 5.82 Å². The van der Waals surface area contributed by atoms with E-state index in [1.807, 2.05) is 6.07 Å². The van der Waals surface area contributed by atoms with Gasteiger partial charge >= 0.3 is 6.18 Å². The number of aromatic nitrogens is 2. The van der Waals surface area contributed by atoms with Crippen molar-refractivity contribution in [1.82, 2.24) is 15.3 Å². The molecule has 0 bridgehead atoms. The maximum Gasteiger partial charge on any atom is 0.417 e. The average Bonchev–Trinajstić information content (AvgIpc) is 3.52. The first-order chi connectivity index (χ1) is 16.0. The van der Waals surface area contributed by atoms with Gasteiger partial charge in [-0.05, 0) is 31.0 Å². The molecule has 1 saturated heterocycles. The van der Waals surface area contributed by atoms with E-state index in [4.69, 9.17) is 17.3 Å². The molecule has 2 heterocycles. The minimum Gasteiger partial charge on any atom is -0.353 e. The van der Waals surface area contributed by atoms with Gasteiger partial charge in [0.05, 0.1) is 23.2 Å².